The minimum absolute atomic E-state index is 0.327. The molecule has 2 aromatic heterocycles. The van der Waals surface area contributed by atoms with Gasteiger partial charge in [0.25, 0.3) is 0 Å². The third-order valence-electron chi connectivity index (χ3n) is 3.78. The zero-order valence-corrected chi connectivity index (χ0v) is 14.5. The van der Waals surface area contributed by atoms with Crippen molar-refractivity contribution < 1.29 is 9.53 Å². The monoisotopic (exact) mass is 351 g/mol. The molecule has 7 nitrogen and oxygen atoms in total. The van der Waals surface area contributed by atoms with Crippen molar-refractivity contribution in [3.63, 3.8) is 0 Å². The third kappa shape index (κ3) is 3.35. The second-order valence-corrected chi connectivity index (χ2v) is 7.00. The Morgan fingerprint density at radius 2 is 2.22 bits per heavy atom. The molecule has 1 atom stereocenters. The standard InChI is InChI=1S/C14H17N5O2S2/c1-8-3-4-9-10(5-8)23-12(11(9)13(20)21-2)17-14(22)18-19-6-15-16-7-19/h6-8H,3-5H2,1-2H3,(H2,17,18,22)/t8-/m1/s1. The molecule has 2 aromatic rings. The van der Waals surface area contributed by atoms with Crippen LogP contribution in [0.25, 0.3) is 0 Å². The van der Waals surface area contributed by atoms with Crippen LogP contribution in [0, 0.1) is 5.92 Å². The topological polar surface area (TPSA) is 81.1 Å². The first-order chi connectivity index (χ1) is 11.1. The molecule has 2 N–H and O–H groups in total. The minimum Gasteiger partial charge on any atom is -0.465 e. The van der Waals surface area contributed by atoms with Crippen molar-refractivity contribution >= 4 is 39.6 Å². The van der Waals surface area contributed by atoms with Gasteiger partial charge >= 0.3 is 5.97 Å². The first kappa shape index (κ1) is 15.9. The maximum absolute atomic E-state index is 12.2. The third-order valence-corrected chi connectivity index (χ3v) is 5.14. The van der Waals surface area contributed by atoms with Crippen molar-refractivity contribution in [1.82, 2.24) is 14.9 Å². The van der Waals surface area contributed by atoms with Gasteiger partial charge in [-0.25, -0.2) is 9.47 Å². The molecule has 0 fully saturated rings. The van der Waals surface area contributed by atoms with Crippen molar-refractivity contribution in [3.8, 4) is 0 Å². The number of nitrogens with zero attached hydrogens (tertiary/aromatic N) is 3. The van der Waals surface area contributed by atoms with Gasteiger partial charge in [-0.05, 0) is 43.0 Å². The Bertz CT molecular complexity index is 726. The summed E-state index contributed by atoms with van der Waals surface area (Å²) in [6.45, 7) is 2.23. The molecule has 2 heterocycles. The number of esters is 1. The molecule has 0 saturated heterocycles. The highest BCUT2D eigenvalue weighted by Crippen LogP contribution is 2.39. The lowest BCUT2D eigenvalue weighted by Gasteiger charge is -2.18. The van der Waals surface area contributed by atoms with E-state index in [0.29, 0.717) is 16.6 Å². The number of hydrogen-bond acceptors (Lipinski definition) is 6. The van der Waals surface area contributed by atoms with Crippen LogP contribution in [-0.4, -0.2) is 33.1 Å². The number of carbonyl (C=O) groups excluding carboxylic acids is 1. The van der Waals surface area contributed by atoms with Gasteiger partial charge in [-0.15, -0.1) is 21.5 Å². The first-order valence-electron chi connectivity index (χ1n) is 7.24. The SMILES string of the molecule is COC(=O)c1c(NC(=S)Nn2cnnc2)sc2c1CC[C@@H](C)C2. The highest BCUT2D eigenvalue weighted by Gasteiger charge is 2.28. The van der Waals surface area contributed by atoms with E-state index in [2.05, 4.69) is 27.9 Å². The number of thiophene rings is 1. The van der Waals surface area contributed by atoms with Crippen LogP contribution < -0.4 is 10.7 Å². The van der Waals surface area contributed by atoms with Crippen molar-refractivity contribution in [3.05, 3.63) is 28.7 Å². The molecule has 0 radical (unpaired) electrons. The minimum atomic E-state index is -0.327. The van der Waals surface area contributed by atoms with Crippen LogP contribution in [0.2, 0.25) is 0 Å². The van der Waals surface area contributed by atoms with Gasteiger partial charge in [-0.1, -0.05) is 6.92 Å². The number of hydrogen-bond donors (Lipinski definition) is 2. The number of methoxy groups -OCH3 is 1. The smallest absolute Gasteiger partial charge is 0.341 e. The van der Waals surface area contributed by atoms with Crippen LogP contribution in [0.1, 0.15) is 34.1 Å². The number of rotatable bonds is 3. The molecule has 23 heavy (non-hydrogen) atoms. The van der Waals surface area contributed by atoms with Crippen LogP contribution in [0.5, 0.6) is 0 Å². The van der Waals surface area contributed by atoms with Crippen LogP contribution in [-0.2, 0) is 17.6 Å². The van der Waals surface area contributed by atoms with E-state index in [9.17, 15) is 4.79 Å². The molecule has 122 valence electrons. The van der Waals surface area contributed by atoms with Gasteiger partial charge in [-0.3, -0.25) is 5.43 Å². The number of carbonyl (C=O) groups is 1. The largest absolute Gasteiger partial charge is 0.465 e. The number of aromatic nitrogens is 3. The predicted octanol–water partition coefficient (Wildman–Crippen LogP) is 2.19. The highest BCUT2D eigenvalue weighted by atomic mass is 32.1. The lowest BCUT2D eigenvalue weighted by Crippen LogP contribution is -2.27. The molecule has 0 saturated carbocycles. The van der Waals surface area contributed by atoms with Crippen molar-refractivity contribution in [2.45, 2.75) is 26.2 Å². The molecule has 0 amide bonds. The second kappa shape index (κ2) is 6.63. The Hall–Kier alpha value is -2.00. The van der Waals surface area contributed by atoms with E-state index in [1.54, 1.807) is 11.3 Å². The summed E-state index contributed by atoms with van der Waals surface area (Å²) in [5, 5.41) is 11.6. The fourth-order valence-electron chi connectivity index (χ4n) is 2.66. The molecular formula is C14H17N5O2S2. The summed E-state index contributed by atoms with van der Waals surface area (Å²) in [7, 11) is 1.40. The van der Waals surface area contributed by atoms with Gasteiger partial charge in [-0.2, -0.15) is 0 Å². The summed E-state index contributed by atoms with van der Waals surface area (Å²) < 4.78 is 6.48. The summed E-state index contributed by atoms with van der Waals surface area (Å²) in [4.78, 5) is 13.4. The number of ether oxygens (including phenoxy) is 1. The number of anilines is 1. The van der Waals surface area contributed by atoms with E-state index >= 15 is 0 Å². The summed E-state index contributed by atoms with van der Waals surface area (Å²) in [6.07, 6.45) is 5.95. The van der Waals surface area contributed by atoms with E-state index < -0.39 is 0 Å². The quantitative estimate of drug-likeness (QED) is 0.648. The molecule has 0 spiro atoms. The Balaban J connectivity index is 1.85. The van der Waals surface area contributed by atoms with Gasteiger partial charge in [0.05, 0.1) is 12.7 Å². The molecule has 1 aliphatic carbocycles. The van der Waals surface area contributed by atoms with E-state index in [4.69, 9.17) is 17.0 Å². The Morgan fingerprint density at radius 1 is 1.48 bits per heavy atom. The van der Waals surface area contributed by atoms with Gasteiger partial charge in [0.2, 0.25) is 0 Å². The molecule has 9 heteroatoms. The Kier molecular flexibility index (Phi) is 4.58. The molecular weight excluding hydrogens is 334 g/mol. The highest BCUT2D eigenvalue weighted by molar-refractivity contribution is 7.80. The molecule has 3 rings (SSSR count). The summed E-state index contributed by atoms with van der Waals surface area (Å²) in [5.74, 6) is 0.299. The van der Waals surface area contributed by atoms with Crippen molar-refractivity contribution in [2.24, 2.45) is 5.92 Å². The molecule has 0 unspecified atom stereocenters. The van der Waals surface area contributed by atoms with Gasteiger partial charge in [0.15, 0.2) is 5.11 Å². The fourth-order valence-corrected chi connectivity index (χ4v) is 4.34. The number of thiocarbonyl (C=S) groups is 1. The predicted molar refractivity (Wildman–Crippen MR) is 92.5 cm³/mol. The van der Waals surface area contributed by atoms with Crippen LogP contribution >= 0.6 is 23.6 Å². The normalized spacial score (nSPS) is 16.5. The second-order valence-electron chi connectivity index (χ2n) is 5.48. The lowest BCUT2D eigenvalue weighted by atomic mass is 9.88. The first-order valence-corrected chi connectivity index (χ1v) is 8.46. The van der Waals surface area contributed by atoms with Crippen LogP contribution in [0.15, 0.2) is 12.7 Å². The van der Waals surface area contributed by atoms with Crippen molar-refractivity contribution in [1.29, 1.82) is 0 Å². The summed E-state index contributed by atoms with van der Waals surface area (Å²) in [6, 6.07) is 0. The Morgan fingerprint density at radius 3 is 2.91 bits per heavy atom. The van der Waals surface area contributed by atoms with Gasteiger partial charge in [0, 0.05) is 4.88 Å². The average molecular weight is 351 g/mol. The molecule has 1 aliphatic rings. The number of fused-ring (bicyclic) bond motifs is 1. The average Bonchev–Trinajstić information content (AvgIpc) is 3.13. The van der Waals surface area contributed by atoms with E-state index in [1.165, 1.54) is 29.3 Å². The molecule has 0 aromatic carbocycles. The molecule has 0 bridgehead atoms. The van der Waals surface area contributed by atoms with E-state index in [0.717, 1.165) is 29.8 Å². The lowest BCUT2D eigenvalue weighted by molar-refractivity contribution is 0.0601. The molecule has 0 aliphatic heterocycles. The fraction of sp³-hybridized carbons (Fsp3) is 0.429. The van der Waals surface area contributed by atoms with Crippen LogP contribution in [0.4, 0.5) is 5.00 Å². The van der Waals surface area contributed by atoms with Crippen molar-refractivity contribution in [2.75, 3.05) is 17.9 Å². The Labute approximate surface area is 143 Å². The summed E-state index contributed by atoms with van der Waals surface area (Å²) >= 11 is 6.86. The van der Waals surface area contributed by atoms with E-state index in [1.807, 2.05) is 0 Å². The zero-order chi connectivity index (χ0) is 16.4. The zero-order valence-electron chi connectivity index (χ0n) is 12.8. The van der Waals surface area contributed by atoms with Gasteiger partial charge in [0.1, 0.15) is 17.7 Å². The summed E-state index contributed by atoms with van der Waals surface area (Å²) in [5.41, 5.74) is 4.61. The van der Waals surface area contributed by atoms with Gasteiger partial charge < -0.3 is 10.1 Å². The maximum Gasteiger partial charge on any atom is 0.341 e. The van der Waals surface area contributed by atoms with E-state index in [-0.39, 0.29) is 5.97 Å². The maximum atomic E-state index is 12.2. The van der Waals surface area contributed by atoms with Crippen LogP contribution in [0.3, 0.4) is 0 Å². The number of nitrogens with one attached hydrogen (secondary N) is 2.